The summed E-state index contributed by atoms with van der Waals surface area (Å²) in [5.74, 6) is -0.188. The molecule has 0 aliphatic carbocycles. The van der Waals surface area contributed by atoms with Gasteiger partial charge in [0.1, 0.15) is 5.82 Å². The molecule has 0 radical (unpaired) electrons. The van der Waals surface area contributed by atoms with Gasteiger partial charge in [0.05, 0.1) is 0 Å². The molecule has 1 atom stereocenters. The van der Waals surface area contributed by atoms with Gasteiger partial charge in [0, 0.05) is 24.8 Å². The van der Waals surface area contributed by atoms with Crippen LogP contribution in [0.2, 0.25) is 0 Å². The van der Waals surface area contributed by atoms with Gasteiger partial charge >= 0.3 is 0 Å². The smallest absolute Gasteiger partial charge is 0.123 e. The van der Waals surface area contributed by atoms with Gasteiger partial charge in [-0.1, -0.05) is 24.3 Å². The van der Waals surface area contributed by atoms with E-state index in [9.17, 15) is 4.39 Å². The van der Waals surface area contributed by atoms with Crippen LogP contribution in [0.3, 0.4) is 0 Å². The number of hydrogen-bond donors (Lipinski definition) is 1. The first-order valence-electron chi connectivity index (χ1n) is 7.49. The maximum absolute atomic E-state index is 13.5. The SMILES string of the molecule is CC(N)Cc1cc(F)ccc1N1CCc2ccccc2C1. The topological polar surface area (TPSA) is 29.3 Å². The molecule has 3 rings (SSSR count). The normalized spacial score (nSPS) is 15.7. The molecular formula is C18H21FN2. The van der Waals surface area contributed by atoms with Gasteiger partial charge in [-0.05, 0) is 54.7 Å². The van der Waals surface area contributed by atoms with Crippen LogP contribution in [-0.4, -0.2) is 12.6 Å². The number of halogens is 1. The number of hydrogen-bond acceptors (Lipinski definition) is 2. The number of anilines is 1. The Morgan fingerprint density at radius 2 is 1.95 bits per heavy atom. The van der Waals surface area contributed by atoms with E-state index in [2.05, 4.69) is 29.2 Å². The molecule has 2 nitrogen and oxygen atoms in total. The molecular weight excluding hydrogens is 263 g/mol. The Morgan fingerprint density at radius 3 is 2.71 bits per heavy atom. The second kappa shape index (κ2) is 5.86. The maximum atomic E-state index is 13.5. The van der Waals surface area contributed by atoms with Gasteiger partial charge in [-0.25, -0.2) is 4.39 Å². The standard InChI is InChI=1S/C18H21FN2/c1-13(20)10-16-11-17(19)6-7-18(16)21-9-8-14-4-2-3-5-15(14)12-21/h2-7,11,13H,8-10,12,20H2,1H3. The first kappa shape index (κ1) is 14.1. The fourth-order valence-corrected chi connectivity index (χ4v) is 3.07. The summed E-state index contributed by atoms with van der Waals surface area (Å²) in [4.78, 5) is 2.33. The second-order valence-electron chi connectivity index (χ2n) is 5.89. The highest BCUT2D eigenvalue weighted by Gasteiger charge is 2.19. The molecule has 0 spiro atoms. The molecule has 1 heterocycles. The van der Waals surface area contributed by atoms with Gasteiger partial charge in [0.2, 0.25) is 0 Å². The van der Waals surface area contributed by atoms with Crippen LogP contribution < -0.4 is 10.6 Å². The summed E-state index contributed by atoms with van der Waals surface area (Å²) in [7, 11) is 0. The van der Waals surface area contributed by atoms with Gasteiger partial charge in [-0.15, -0.1) is 0 Å². The van der Waals surface area contributed by atoms with Crippen molar-refractivity contribution in [1.29, 1.82) is 0 Å². The molecule has 0 saturated carbocycles. The Hall–Kier alpha value is -1.87. The van der Waals surface area contributed by atoms with Gasteiger partial charge in [0.15, 0.2) is 0 Å². The molecule has 110 valence electrons. The van der Waals surface area contributed by atoms with Crippen molar-refractivity contribution >= 4 is 5.69 Å². The third-order valence-electron chi connectivity index (χ3n) is 4.05. The molecule has 0 aromatic heterocycles. The van der Waals surface area contributed by atoms with Crippen molar-refractivity contribution in [3.05, 3.63) is 65.0 Å². The molecule has 1 aliphatic rings. The van der Waals surface area contributed by atoms with E-state index in [1.54, 1.807) is 12.1 Å². The highest BCUT2D eigenvalue weighted by molar-refractivity contribution is 5.56. The summed E-state index contributed by atoms with van der Waals surface area (Å²) in [6.45, 7) is 3.81. The monoisotopic (exact) mass is 284 g/mol. The minimum atomic E-state index is -0.188. The van der Waals surface area contributed by atoms with Crippen molar-refractivity contribution in [2.75, 3.05) is 11.4 Å². The lowest BCUT2D eigenvalue weighted by molar-refractivity contribution is 0.620. The van der Waals surface area contributed by atoms with Gasteiger partial charge in [0.25, 0.3) is 0 Å². The molecule has 2 aromatic rings. The first-order valence-corrected chi connectivity index (χ1v) is 7.49. The minimum Gasteiger partial charge on any atom is -0.367 e. The Kier molecular flexibility index (Phi) is 3.93. The Morgan fingerprint density at radius 1 is 1.19 bits per heavy atom. The van der Waals surface area contributed by atoms with Crippen molar-refractivity contribution in [3.63, 3.8) is 0 Å². The molecule has 1 unspecified atom stereocenters. The average molecular weight is 284 g/mol. The van der Waals surface area contributed by atoms with Crippen LogP contribution in [-0.2, 0) is 19.4 Å². The molecule has 0 bridgehead atoms. The number of benzene rings is 2. The highest BCUT2D eigenvalue weighted by atomic mass is 19.1. The van der Waals surface area contributed by atoms with Crippen LogP contribution in [0.15, 0.2) is 42.5 Å². The van der Waals surface area contributed by atoms with Gasteiger partial charge in [-0.3, -0.25) is 0 Å². The predicted octanol–water partition coefficient (Wildman–Crippen LogP) is 3.28. The Labute approximate surface area is 125 Å². The average Bonchev–Trinajstić information content (AvgIpc) is 2.46. The minimum absolute atomic E-state index is 0.0302. The molecule has 0 fully saturated rings. The number of fused-ring (bicyclic) bond motifs is 1. The quantitative estimate of drug-likeness (QED) is 0.937. The summed E-state index contributed by atoms with van der Waals surface area (Å²) < 4.78 is 13.5. The Bertz CT molecular complexity index is 637. The van der Waals surface area contributed by atoms with E-state index < -0.39 is 0 Å². The molecule has 2 N–H and O–H groups in total. The lowest BCUT2D eigenvalue weighted by Crippen LogP contribution is -2.31. The zero-order chi connectivity index (χ0) is 14.8. The van der Waals surface area contributed by atoms with E-state index in [1.807, 2.05) is 13.0 Å². The summed E-state index contributed by atoms with van der Waals surface area (Å²) >= 11 is 0. The second-order valence-corrected chi connectivity index (χ2v) is 5.89. The third kappa shape index (κ3) is 3.08. The van der Waals surface area contributed by atoms with E-state index >= 15 is 0 Å². The lowest BCUT2D eigenvalue weighted by atomic mass is 9.97. The molecule has 3 heteroatoms. The van der Waals surface area contributed by atoms with E-state index in [-0.39, 0.29) is 11.9 Å². The first-order chi connectivity index (χ1) is 10.1. The number of nitrogens with two attached hydrogens (primary N) is 1. The van der Waals surface area contributed by atoms with E-state index in [4.69, 9.17) is 5.73 Å². The molecule has 0 amide bonds. The van der Waals surface area contributed by atoms with Gasteiger partial charge in [-0.2, -0.15) is 0 Å². The zero-order valence-electron chi connectivity index (χ0n) is 12.3. The van der Waals surface area contributed by atoms with Crippen LogP contribution in [0.1, 0.15) is 23.6 Å². The Balaban J connectivity index is 1.91. The van der Waals surface area contributed by atoms with Crippen LogP contribution in [0.5, 0.6) is 0 Å². The number of nitrogens with zero attached hydrogens (tertiary/aromatic N) is 1. The highest BCUT2D eigenvalue weighted by Crippen LogP contribution is 2.28. The van der Waals surface area contributed by atoms with Crippen LogP contribution in [0.25, 0.3) is 0 Å². The van der Waals surface area contributed by atoms with Crippen molar-refractivity contribution in [2.45, 2.75) is 32.4 Å². The predicted molar refractivity (Wildman–Crippen MR) is 84.9 cm³/mol. The van der Waals surface area contributed by atoms with Gasteiger partial charge < -0.3 is 10.6 Å². The maximum Gasteiger partial charge on any atom is 0.123 e. The van der Waals surface area contributed by atoms with E-state index in [0.717, 1.165) is 30.8 Å². The summed E-state index contributed by atoms with van der Waals surface area (Å²) in [5, 5.41) is 0. The summed E-state index contributed by atoms with van der Waals surface area (Å²) in [6, 6.07) is 13.6. The molecule has 1 aliphatic heterocycles. The van der Waals surface area contributed by atoms with Crippen LogP contribution >= 0.6 is 0 Å². The van der Waals surface area contributed by atoms with E-state index in [1.165, 1.54) is 11.1 Å². The van der Waals surface area contributed by atoms with Crippen molar-refractivity contribution in [1.82, 2.24) is 0 Å². The third-order valence-corrected chi connectivity index (χ3v) is 4.05. The lowest BCUT2D eigenvalue weighted by Gasteiger charge is -2.32. The van der Waals surface area contributed by atoms with Crippen molar-refractivity contribution in [2.24, 2.45) is 5.73 Å². The largest absolute Gasteiger partial charge is 0.367 e. The molecule has 2 aromatic carbocycles. The summed E-state index contributed by atoms with van der Waals surface area (Å²) in [6.07, 6.45) is 1.73. The molecule has 21 heavy (non-hydrogen) atoms. The van der Waals surface area contributed by atoms with Crippen molar-refractivity contribution in [3.8, 4) is 0 Å². The zero-order valence-corrected chi connectivity index (χ0v) is 12.3. The number of rotatable bonds is 3. The summed E-state index contributed by atoms with van der Waals surface area (Å²) in [5.41, 5.74) is 10.8. The fourth-order valence-electron chi connectivity index (χ4n) is 3.07. The fraction of sp³-hybridized carbons (Fsp3) is 0.333. The van der Waals surface area contributed by atoms with Crippen LogP contribution in [0, 0.1) is 5.82 Å². The van der Waals surface area contributed by atoms with Crippen molar-refractivity contribution < 1.29 is 4.39 Å². The molecule has 0 saturated heterocycles. The van der Waals surface area contributed by atoms with Crippen LogP contribution in [0.4, 0.5) is 10.1 Å². The van der Waals surface area contributed by atoms with E-state index in [0.29, 0.717) is 6.42 Å².